The number of carbonyl (C=O) groups is 1. The summed E-state index contributed by atoms with van der Waals surface area (Å²) < 4.78 is 43.1. The molecular formula is C17H10F3N3O2S. The average molecular weight is 377 g/mol. The molecule has 0 aliphatic carbocycles. The molecule has 3 aromatic rings. The van der Waals surface area contributed by atoms with Crippen LogP contribution in [0.15, 0.2) is 41.1 Å². The Morgan fingerprint density at radius 1 is 1.35 bits per heavy atom. The summed E-state index contributed by atoms with van der Waals surface area (Å²) in [5.74, 6) is -1.48. The minimum Gasteiger partial charge on any atom is -0.462 e. The molecule has 0 aromatic carbocycles. The minimum absolute atomic E-state index is 0.0579. The van der Waals surface area contributed by atoms with Gasteiger partial charge in [-0.2, -0.15) is 18.4 Å². The minimum atomic E-state index is -4.54. The van der Waals surface area contributed by atoms with Crippen molar-refractivity contribution in [3.05, 3.63) is 58.6 Å². The van der Waals surface area contributed by atoms with E-state index in [2.05, 4.69) is 9.97 Å². The van der Waals surface area contributed by atoms with E-state index in [0.29, 0.717) is 21.8 Å². The molecule has 5 nitrogen and oxygen atoms in total. The zero-order valence-corrected chi connectivity index (χ0v) is 14.1. The number of furan rings is 1. The number of rotatable bonds is 4. The molecule has 3 aromatic heterocycles. The normalized spacial score (nSPS) is 12.6. The molecule has 0 fully saturated rings. The van der Waals surface area contributed by atoms with Gasteiger partial charge in [-0.25, -0.2) is 4.98 Å². The lowest BCUT2D eigenvalue weighted by atomic mass is 9.98. The summed E-state index contributed by atoms with van der Waals surface area (Å²) in [6, 6.07) is 6.98. The van der Waals surface area contributed by atoms with Crippen LogP contribution < -0.4 is 0 Å². The molecule has 0 spiro atoms. The second-order valence-corrected chi connectivity index (χ2v) is 6.50. The third-order valence-corrected chi connectivity index (χ3v) is 4.55. The number of aromatic nitrogens is 2. The van der Waals surface area contributed by atoms with Crippen molar-refractivity contribution in [2.75, 3.05) is 0 Å². The zero-order chi connectivity index (χ0) is 18.9. The van der Waals surface area contributed by atoms with Gasteiger partial charge in [-0.05, 0) is 31.2 Å². The number of alkyl halides is 3. The summed E-state index contributed by atoms with van der Waals surface area (Å²) in [7, 11) is 0. The van der Waals surface area contributed by atoms with E-state index < -0.39 is 23.4 Å². The number of nitriles is 1. The van der Waals surface area contributed by atoms with Gasteiger partial charge in [0.05, 0.1) is 23.6 Å². The summed E-state index contributed by atoms with van der Waals surface area (Å²) in [6.07, 6.45) is -2.46. The molecule has 0 saturated heterocycles. The van der Waals surface area contributed by atoms with Crippen molar-refractivity contribution < 1.29 is 22.4 Å². The van der Waals surface area contributed by atoms with Crippen molar-refractivity contribution in [3.63, 3.8) is 0 Å². The number of ketones is 1. The lowest BCUT2D eigenvalue weighted by Gasteiger charge is -2.09. The number of halogens is 3. The molecule has 3 rings (SSSR count). The van der Waals surface area contributed by atoms with Crippen LogP contribution in [0.3, 0.4) is 0 Å². The number of thiazole rings is 1. The zero-order valence-electron chi connectivity index (χ0n) is 13.2. The third-order valence-electron chi connectivity index (χ3n) is 3.56. The van der Waals surface area contributed by atoms with Crippen LogP contribution in [0.2, 0.25) is 0 Å². The van der Waals surface area contributed by atoms with E-state index >= 15 is 0 Å². The number of pyridine rings is 1. The number of hydrogen-bond acceptors (Lipinski definition) is 6. The van der Waals surface area contributed by atoms with Crippen molar-refractivity contribution in [1.82, 2.24) is 9.97 Å². The van der Waals surface area contributed by atoms with Crippen LogP contribution >= 0.6 is 11.3 Å². The van der Waals surface area contributed by atoms with Gasteiger partial charge in [0.2, 0.25) is 5.78 Å². The first-order chi connectivity index (χ1) is 12.3. The molecule has 1 unspecified atom stereocenters. The highest BCUT2D eigenvalue weighted by Gasteiger charge is 2.32. The Morgan fingerprint density at radius 2 is 2.12 bits per heavy atom. The Labute approximate surface area is 149 Å². The van der Waals surface area contributed by atoms with Crippen LogP contribution in [-0.2, 0) is 6.18 Å². The molecule has 0 radical (unpaired) electrons. The average Bonchev–Trinajstić information content (AvgIpc) is 3.24. The quantitative estimate of drug-likeness (QED) is 0.620. The first-order valence-electron chi connectivity index (χ1n) is 7.29. The Morgan fingerprint density at radius 3 is 2.65 bits per heavy atom. The van der Waals surface area contributed by atoms with Crippen molar-refractivity contribution in [2.24, 2.45) is 0 Å². The first-order valence-corrected chi connectivity index (χ1v) is 8.11. The molecule has 1 atom stereocenters. The van der Waals surface area contributed by atoms with E-state index in [0.717, 1.165) is 12.1 Å². The van der Waals surface area contributed by atoms with E-state index in [1.165, 1.54) is 17.6 Å². The largest absolute Gasteiger partial charge is 0.462 e. The maximum Gasteiger partial charge on any atom is 0.417 e. The van der Waals surface area contributed by atoms with Crippen molar-refractivity contribution >= 4 is 17.1 Å². The van der Waals surface area contributed by atoms with Gasteiger partial charge in [0.1, 0.15) is 5.69 Å². The van der Waals surface area contributed by atoms with Gasteiger partial charge >= 0.3 is 6.18 Å². The predicted octanol–water partition coefficient (Wildman–Crippen LogP) is 4.62. The van der Waals surface area contributed by atoms with Crippen molar-refractivity contribution in [1.29, 1.82) is 5.26 Å². The molecule has 9 heteroatoms. The van der Waals surface area contributed by atoms with Crippen LogP contribution in [0.5, 0.6) is 0 Å². The maximum absolute atomic E-state index is 12.7. The van der Waals surface area contributed by atoms with Gasteiger partial charge in [-0.3, -0.25) is 9.78 Å². The summed E-state index contributed by atoms with van der Waals surface area (Å²) >= 11 is 1.23. The molecule has 0 N–H and O–H groups in total. The van der Waals surface area contributed by atoms with Gasteiger partial charge < -0.3 is 4.42 Å². The first kappa shape index (κ1) is 17.8. The van der Waals surface area contributed by atoms with Gasteiger partial charge in [0.25, 0.3) is 0 Å². The lowest BCUT2D eigenvalue weighted by molar-refractivity contribution is -0.137. The Hall–Kier alpha value is -2.99. The smallest absolute Gasteiger partial charge is 0.417 e. The fraction of sp³-hybridized carbons (Fsp3) is 0.176. The van der Waals surface area contributed by atoms with Crippen LogP contribution in [0.1, 0.15) is 32.5 Å². The molecule has 3 heterocycles. The molecule has 132 valence electrons. The number of Topliss-reactive ketones (excluding diaryl/α,β-unsaturated/α-hetero) is 1. The number of hydrogen-bond donors (Lipinski definition) is 0. The number of nitrogens with zero attached hydrogens (tertiary/aromatic N) is 3. The Kier molecular flexibility index (Phi) is 4.61. The van der Waals surface area contributed by atoms with Gasteiger partial charge in [-0.1, -0.05) is 0 Å². The standard InChI is InChI=1S/C17H10F3N3O2S/c1-9-14(23-16(26-9)13-3-2-6-25-13)15(24)11(7-21)12-5-4-10(8-22-12)17(18,19)20/h2-6,8,11H,1H3. The molecule has 0 amide bonds. The SMILES string of the molecule is Cc1sc(-c2ccco2)nc1C(=O)C(C#N)c1ccc(C(F)(F)F)cn1. The Bertz CT molecular complexity index is 970. The fourth-order valence-corrected chi connectivity index (χ4v) is 3.16. The van der Waals surface area contributed by atoms with Gasteiger partial charge in [0.15, 0.2) is 16.7 Å². The number of carbonyl (C=O) groups excluding carboxylic acids is 1. The van der Waals surface area contributed by atoms with Crippen LogP contribution in [-0.4, -0.2) is 15.8 Å². The third kappa shape index (κ3) is 3.36. The van der Waals surface area contributed by atoms with Crippen molar-refractivity contribution in [3.8, 4) is 16.8 Å². The second-order valence-electron chi connectivity index (χ2n) is 5.30. The van der Waals surface area contributed by atoms with E-state index in [1.807, 2.05) is 0 Å². The maximum atomic E-state index is 12.7. The van der Waals surface area contributed by atoms with Gasteiger partial charge in [-0.15, -0.1) is 11.3 Å². The molecule has 0 saturated carbocycles. The van der Waals surface area contributed by atoms with E-state index in [1.54, 1.807) is 25.1 Å². The highest BCUT2D eigenvalue weighted by molar-refractivity contribution is 7.15. The van der Waals surface area contributed by atoms with Crippen LogP contribution in [0, 0.1) is 18.3 Å². The van der Waals surface area contributed by atoms with Crippen LogP contribution in [0.25, 0.3) is 10.8 Å². The predicted molar refractivity (Wildman–Crippen MR) is 86.5 cm³/mol. The van der Waals surface area contributed by atoms with Crippen LogP contribution in [0.4, 0.5) is 13.2 Å². The second kappa shape index (κ2) is 6.72. The highest BCUT2D eigenvalue weighted by atomic mass is 32.1. The fourth-order valence-electron chi connectivity index (χ4n) is 2.27. The molecule has 26 heavy (non-hydrogen) atoms. The molecule has 0 aliphatic heterocycles. The topological polar surface area (TPSA) is 79.8 Å². The highest BCUT2D eigenvalue weighted by Crippen LogP contribution is 2.32. The molecular weight excluding hydrogens is 367 g/mol. The Balaban J connectivity index is 1.92. The monoisotopic (exact) mass is 377 g/mol. The molecule has 0 bridgehead atoms. The van der Waals surface area contributed by atoms with E-state index in [9.17, 15) is 23.2 Å². The summed E-state index contributed by atoms with van der Waals surface area (Å²) in [4.78, 5) is 21.1. The summed E-state index contributed by atoms with van der Waals surface area (Å²) in [5, 5.41) is 9.83. The van der Waals surface area contributed by atoms with Gasteiger partial charge in [0, 0.05) is 11.1 Å². The van der Waals surface area contributed by atoms with E-state index in [4.69, 9.17) is 4.42 Å². The van der Waals surface area contributed by atoms with E-state index in [-0.39, 0.29) is 11.4 Å². The lowest BCUT2D eigenvalue weighted by Crippen LogP contribution is -2.15. The van der Waals surface area contributed by atoms with Crippen molar-refractivity contribution in [2.45, 2.75) is 19.0 Å². The summed E-state index contributed by atoms with van der Waals surface area (Å²) in [6.45, 7) is 1.67. The molecule has 0 aliphatic rings. The number of aryl methyl sites for hydroxylation is 1. The summed E-state index contributed by atoms with van der Waals surface area (Å²) in [5.41, 5.74) is -0.928.